The molecule has 0 bridgehead atoms. The predicted molar refractivity (Wildman–Crippen MR) is 98.6 cm³/mol. The summed E-state index contributed by atoms with van der Waals surface area (Å²) in [4.78, 5) is 22.2. The van der Waals surface area contributed by atoms with Crippen LogP contribution in [-0.2, 0) is 9.53 Å². The molecule has 0 heterocycles. The smallest absolute Gasteiger partial charge is 0.305 e. The van der Waals surface area contributed by atoms with Gasteiger partial charge in [0, 0.05) is 12.0 Å². The van der Waals surface area contributed by atoms with Gasteiger partial charge in [-0.25, -0.2) is 0 Å². The lowest BCUT2D eigenvalue weighted by molar-refractivity contribution is -0.142. The molecule has 0 radical (unpaired) electrons. The van der Waals surface area contributed by atoms with Crippen molar-refractivity contribution in [1.82, 2.24) is 0 Å². The maximum absolute atomic E-state index is 11.4. The SMILES string of the molecule is COC(=O)C[C@H]1CC[C@H](c2ccc(-c3ccc(C=O)cc3)cc2)CC1. The summed E-state index contributed by atoms with van der Waals surface area (Å²) >= 11 is 0. The van der Waals surface area contributed by atoms with Gasteiger partial charge in [0.05, 0.1) is 7.11 Å². The average molecular weight is 336 g/mol. The van der Waals surface area contributed by atoms with Crippen molar-refractivity contribution in [2.24, 2.45) is 5.92 Å². The molecular weight excluding hydrogens is 312 g/mol. The fourth-order valence-corrected chi connectivity index (χ4v) is 3.72. The molecule has 3 rings (SSSR count). The van der Waals surface area contributed by atoms with E-state index in [1.807, 2.05) is 24.3 Å². The van der Waals surface area contributed by atoms with Gasteiger partial charge >= 0.3 is 5.97 Å². The molecule has 2 aromatic carbocycles. The molecule has 0 unspecified atom stereocenters. The molecule has 1 aliphatic rings. The van der Waals surface area contributed by atoms with Crippen molar-refractivity contribution in [1.29, 1.82) is 0 Å². The molecule has 0 aliphatic heterocycles. The van der Waals surface area contributed by atoms with Crippen LogP contribution in [0.4, 0.5) is 0 Å². The molecule has 130 valence electrons. The summed E-state index contributed by atoms with van der Waals surface area (Å²) in [5.41, 5.74) is 4.37. The van der Waals surface area contributed by atoms with E-state index < -0.39 is 0 Å². The topological polar surface area (TPSA) is 43.4 Å². The second kappa shape index (κ2) is 8.11. The van der Waals surface area contributed by atoms with Gasteiger partial charge in [-0.2, -0.15) is 0 Å². The normalized spacial score (nSPS) is 20.0. The zero-order valence-corrected chi connectivity index (χ0v) is 14.6. The van der Waals surface area contributed by atoms with Crippen LogP contribution < -0.4 is 0 Å². The molecule has 3 heteroatoms. The number of benzene rings is 2. The van der Waals surface area contributed by atoms with E-state index in [1.54, 1.807) is 0 Å². The highest BCUT2D eigenvalue weighted by molar-refractivity contribution is 5.77. The van der Waals surface area contributed by atoms with Crippen LogP contribution in [0.2, 0.25) is 0 Å². The number of methoxy groups -OCH3 is 1. The van der Waals surface area contributed by atoms with E-state index >= 15 is 0 Å². The lowest BCUT2D eigenvalue weighted by Gasteiger charge is -2.28. The van der Waals surface area contributed by atoms with Crippen LogP contribution in [-0.4, -0.2) is 19.4 Å². The fraction of sp³-hybridized carbons (Fsp3) is 0.364. The Kier molecular flexibility index (Phi) is 5.64. The maximum atomic E-state index is 11.4. The van der Waals surface area contributed by atoms with Crippen molar-refractivity contribution in [3.63, 3.8) is 0 Å². The van der Waals surface area contributed by atoms with Crippen molar-refractivity contribution in [2.45, 2.75) is 38.0 Å². The average Bonchev–Trinajstić information content (AvgIpc) is 2.69. The van der Waals surface area contributed by atoms with Crippen LogP contribution in [0.1, 0.15) is 53.9 Å². The molecule has 0 amide bonds. The first-order valence-corrected chi connectivity index (χ1v) is 8.92. The van der Waals surface area contributed by atoms with Crippen molar-refractivity contribution >= 4 is 12.3 Å². The number of rotatable bonds is 5. The summed E-state index contributed by atoms with van der Waals surface area (Å²) in [6.07, 6.45) is 5.87. The molecule has 0 saturated heterocycles. The van der Waals surface area contributed by atoms with Crippen LogP contribution >= 0.6 is 0 Å². The maximum Gasteiger partial charge on any atom is 0.305 e. The van der Waals surface area contributed by atoms with Crippen LogP contribution in [0.15, 0.2) is 48.5 Å². The summed E-state index contributed by atoms with van der Waals surface area (Å²) in [6, 6.07) is 16.4. The Morgan fingerprint density at radius 1 is 0.960 bits per heavy atom. The number of carbonyl (C=O) groups excluding carboxylic acids is 2. The van der Waals surface area contributed by atoms with Crippen LogP contribution in [0.5, 0.6) is 0 Å². The quantitative estimate of drug-likeness (QED) is 0.570. The summed E-state index contributed by atoms with van der Waals surface area (Å²) in [5, 5.41) is 0. The van der Waals surface area contributed by atoms with Gasteiger partial charge in [0.15, 0.2) is 0 Å². The Labute approximate surface area is 149 Å². The van der Waals surface area contributed by atoms with Gasteiger partial charge in [0.1, 0.15) is 6.29 Å². The highest BCUT2D eigenvalue weighted by atomic mass is 16.5. The van der Waals surface area contributed by atoms with Crippen molar-refractivity contribution in [2.75, 3.05) is 7.11 Å². The highest BCUT2D eigenvalue weighted by Crippen LogP contribution is 2.37. The Morgan fingerprint density at radius 3 is 2.04 bits per heavy atom. The molecule has 1 saturated carbocycles. The second-order valence-electron chi connectivity index (χ2n) is 6.86. The number of carbonyl (C=O) groups is 2. The number of hydrogen-bond donors (Lipinski definition) is 0. The summed E-state index contributed by atoms with van der Waals surface area (Å²) < 4.78 is 4.78. The van der Waals surface area contributed by atoms with E-state index in [0.717, 1.165) is 37.5 Å². The molecule has 0 aromatic heterocycles. The molecule has 3 nitrogen and oxygen atoms in total. The van der Waals surface area contributed by atoms with Crippen molar-refractivity contribution in [3.05, 3.63) is 59.7 Å². The molecule has 25 heavy (non-hydrogen) atoms. The molecule has 0 atom stereocenters. The molecule has 0 spiro atoms. The minimum absolute atomic E-state index is 0.0894. The van der Waals surface area contributed by atoms with E-state index in [1.165, 1.54) is 18.2 Å². The van der Waals surface area contributed by atoms with E-state index in [2.05, 4.69) is 24.3 Å². The van der Waals surface area contributed by atoms with E-state index in [4.69, 9.17) is 4.74 Å². The number of ether oxygens (including phenoxy) is 1. The number of esters is 1. The van der Waals surface area contributed by atoms with Crippen LogP contribution in [0.25, 0.3) is 11.1 Å². The Balaban J connectivity index is 1.61. The van der Waals surface area contributed by atoms with Gasteiger partial charge in [-0.3, -0.25) is 9.59 Å². The molecular formula is C22H24O3. The number of aldehydes is 1. The summed E-state index contributed by atoms with van der Waals surface area (Å²) in [5.74, 6) is 0.966. The first-order valence-electron chi connectivity index (χ1n) is 8.92. The highest BCUT2D eigenvalue weighted by Gasteiger charge is 2.24. The summed E-state index contributed by atoms with van der Waals surface area (Å²) in [7, 11) is 1.46. The van der Waals surface area contributed by atoms with E-state index in [-0.39, 0.29) is 5.97 Å². The Bertz CT molecular complexity index is 708. The van der Waals surface area contributed by atoms with Gasteiger partial charge < -0.3 is 4.74 Å². The molecule has 1 fully saturated rings. The molecule has 1 aliphatic carbocycles. The fourth-order valence-electron chi connectivity index (χ4n) is 3.72. The zero-order valence-electron chi connectivity index (χ0n) is 14.6. The van der Waals surface area contributed by atoms with Crippen molar-refractivity contribution in [3.8, 4) is 11.1 Å². The third-order valence-corrected chi connectivity index (χ3v) is 5.29. The largest absolute Gasteiger partial charge is 0.469 e. The Morgan fingerprint density at radius 2 is 1.52 bits per heavy atom. The molecule has 2 aromatic rings. The van der Waals surface area contributed by atoms with Gasteiger partial charge in [0.25, 0.3) is 0 Å². The van der Waals surface area contributed by atoms with Gasteiger partial charge in [0.2, 0.25) is 0 Å². The van der Waals surface area contributed by atoms with Crippen LogP contribution in [0, 0.1) is 5.92 Å². The third-order valence-electron chi connectivity index (χ3n) is 5.29. The lowest BCUT2D eigenvalue weighted by Crippen LogP contribution is -2.17. The van der Waals surface area contributed by atoms with Crippen LogP contribution in [0.3, 0.4) is 0 Å². The zero-order chi connectivity index (χ0) is 17.6. The predicted octanol–water partition coefficient (Wildman–Crippen LogP) is 5.00. The van der Waals surface area contributed by atoms with E-state index in [0.29, 0.717) is 23.8 Å². The first kappa shape index (κ1) is 17.4. The minimum atomic E-state index is -0.0894. The second-order valence-corrected chi connectivity index (χ2v) is 6.86. The monoisotopic (exact) mass is 336 g/mol. The molecule has 0 N–H and O–H groups in total. The summed E-state index contributed by atoms with van der Waals surface area (Å²) in [6.45, 7) is 0. The van der Waals surface area contributed by atoms with Gasteiger partial charge in [-0.1, -0.05) is 48.5 Å². The number of hydrogen-bond acceptors (Lipinski definition) is 3. The Hall–Kier alpha value is -2.42. The van der Waals surface area contributed by atoms with Crippen molar-refractivity contribution < 1.29 is 14.3 Å². The standard InChI is InChI=1S/C22H24O3/c1-25-22(24)14-16-2-6-18(7-3-16)20-10-12-21(13-11-20)19-8-4-17(15-23)5-9-19/h4-5,8-13,15-16,18H,2-3,6-7,14H2,1H3/t16-,18-. The third kappa shape index (κ3) is 4.36. The van der Waals surface area contributed by atoms with Gasteiger partial charge in [-0.05, 0) is 54.2 Å². The van der Waals surface area contributed by atoms with E-state index in [9.17, 15) is 9.59 Å². The van der Waals surface area contributed by atoms with Gasteiger partial charge in [-0.15, -0.1) is 0 Å². The first-order chi connectivity index (χ1) is 12.2. The minimum Gasteiger partial charge on any atom is -0.469 e. The lowest BCUT2D eigenvalue weighted by atomic mass is 9.77.